The van der Waals surface area contributed by atoms with Crippen LogP contribution in [0, 0.1) is 10.1 Å². The summed E-state index contributed by atoms with van der Waals surface area (Å²) >= 11 is 1.22. The fourth-order valence-electron chi connectivity index (χ4n) is 3.31. The number of aryl methyl sites for hydroxylation is 1. The summed E-state index contributed by atoms with van der Waals surface area (Å²) in [5, 5.41) is 11.2. The van der Waals surface area contributed by atoms with Crippen LogP contribution in [-0.2, 0) is 16.0 Å². The Bertz CT molecular complexity index is 931. The monoisotopic (exact) mass is 400 g/mol. The zero-order chi connectivity index (χ0) is 20.3. The summed E-state index contributed by atoms with van der Waals surface area (Å²) in [6, 6.07) is 11.8. The largest absolute Gasteiger partial charge is 0.452 e. The second-order valence-electron chi connectivity index (χ2n) is 6.50. The number of carbonyl (C=O) groups is 2. The molecular weight excluding hydrogens is 380 g/mol. The summed E-state index contributed by atoms with van der Waals surface area (Å²) in [6.07, 6.45) is 3.45. The van der Waals surface area contributed by atoms with E-state index in [1.54, 1.807) is 11.2 Å². The lowest BCUT2D eigenvalue weighted by molar-refractivity contribution is -0.387. The van der Waals surface area contributed by atoms with Gasteiger partial charge >= 0.3 is 5.97 Å². The highest BCUT2D eigenvalue weighted by Gasteiger charge is 2.29. The average Bonchev–Trinajstić information content (AvgIpc) is 2.71. The Labute approximate surface area is 166 Å². The normalized spacial score (nSPS) is 15.6. The zero-order valence-electron chi connectivity index (χ0n) is 15.6. The van der Waals surface area contributed by atoms with Gasteiger partial charge in [-0.15, -0.1) is 11.8 Å². The van der Waals surface area contributed by atoms with Crippen LogP contribution in [0.2, 0.25) is 0 Å². The average molecular weight is 400 g/mol. The van der Waals surface area contributed by atoms with E-state index < -0.39 is 17.5 Å². The molecule has 0 N–H and O–H groups in total. The van der Waals surface area contributed by atoms with Gasteiger partial charge in [-0.3, -0.25) is 14.9 Å². The van der Waals surface area contributed by atoms with Gasteiger partial charge in [0.1, 0.15) is 0 Å². The van der Waals surface area contributed by atoms with Crippen molar-refractivity contribution in [2.24, 2.45) is 0 Å². The summed E-state index contributed by atoms with van der Waals surface area (Å²) < 4.78 is 5.16. The first-order valence-electron chi connectivity index (χ1n) is 8.82. The lowest BCUT2D eigenvalue weighted by Gasteiger charge is -2.35. The Hall–Kier alpha value is -2.87. The topological polar surface area (TPSA) is 89.8 Å². The van der Waals surface area contributed by atoms with Crippen LogP contribution in [0.5, 0.6) is 0 Å². The molecule has 0 saturated carbocycles. The molecule has 2 aromatic carbocycles. The Kier molecular flexibility index (Phi) is 5.99. The van der Waals surface area contributed by atoms with E-state index in [0.29, 0.717) is 4.90 Å². The van der Waals surface area contributed by atoms with Crippen LogP contribution >= 0.6 is 11.8 Å². The molecule has 0 saturated heterocycles. The number of fused-ring (bicyclic) bond motifs is 1. The second-order valence-corrected chi connectivity index (χ2v) is 7.35. The zero-order valence-corrected chi connectivity index (χ0v) is 16.4. The summed E-state index contributed by atoms with van der Waals surface area (Å²) in [5.74, 6) is -1.08. The van der Waals surface area contributed by atoms with Gasteiger partial charge in [-0.1, -0.05) is 18.2 Å². The molecule has 0 spiro atoms. The standard InChI is InChI=1S/C20H20N2O5S/c1-13-7-8-14-5-3-4-6-16(14)21(13)19(23)12-27-20(24)15-9-10-18(28-2)17(11-15)22(25)26/h3-6,9-11,13H,7-8,12H2,1-2H3. The molecule has 1 aliphatic heterocycles. The molecule has 0 radical (unpaired) electrons. The van der Waals surface area contributed by atoms with E-state index >= 15 is 0 Å². The van der Waals surface area contributed by atoms with Crippen molar-refractivity contribution in [3.05, 3.63) is 63.7 Å². The number of nitro benzene ring substituents is 1. The van der Waals surface area contributed by atoms with E-state index in [9.17, 15) is 19.7 Å². The summed E-state index contributed by atoms with van der Waals surface area (Å²) in [6.45, 7) is 1.54. The van der Waals surface area contributed by atoms with E-state index in [1.165, 1.54) is 30.0 Å². The number of thioether (sulfide) groups is 1. The lowest BCUT2D eigenvalue weighted by Crippen LogP contribution is -2.44. The Balaban J connectivity index is 1.72. The molecule has 146 valence electrons. The predicted octanol–water partition coefficient (Wildman–Crippen LogP) is 3.84. The van der Waals surface area contributed by atoms with Gasteiger partial charge < -0.3 is 9.64 Å². The van der Waals surface area contributed by atoms with Crippen molar-refractivity contribution in [3.8, 4) is 0 Å². The van der Waals surface area contributed by atoms with Crippen LogP contribution in [0.4, 0.5) is 11.4 Å². The number of esters is 1. The Morgan fingerprint density at radius 2 is 2.04 bits per heavy atom. The molecule has 2 aromatic rings. The van der Waals surface area contributed by atoms with Gasteiger partial charge in [0, 0.05) is 17.8 Å². The van der Waals surface area contributed by atoms with Gasteiger partial charge in [0.05, 0.1) is 15.4 Å². The summed E-state index contributed by atoms with van der Waals surface area (Å²) in [4.78, 5) is 37.8. The summed E-state index contributed by atoms with van der Waals surface area (Å²) in [7, 11) is 0. The number of nitro groups is 1. The predicted molar refractivity (Wildman–Crippen MR) is 107 cm³/mol. The highest BCUT2D eigenvalue weighted by atomic mass is 32.2. The molecule has 0 aromatic heterocycles. The smallest absolute Gasteiger partial charge is 0.338 e. The van der Waals surface area contributed by atoms with Gasteiger partial charge in [0.15, 0.2) is 6.61 Å². The van der Waals surface area contributed by atoms with Gasteiger partial charge in [0.25, 0.3) is 11.6 Å². The molecule has 0 fully saturated rings. The van der Waals surface area contributed by atoms with Crippen molar-refractivity contribution < 1.29 is 19.2 Å². The molecule has 1 heterocycles. The minimum Gasteiger partial charge on any atom is -0.452 e. The van der Waals surface area contributed by atoms with E-state index in [4.69, 9.17) is 4.74 Å². The quantitative estimate of drug-likeness (QED) is 0.328. The molecule has 1 unspecified atom stereocenters. The minimum absolute atomic E-state index is 0.00283. The molecule has 1 aliphatic rings. The number of carbonyl (C=O) groups excluding carboxylic acids is 2. The van der Waals surface area contributed by atoms with E-state index in [-0.39, 0.29) is 23.2 Å². The summed E-state index contributed by atoms with van der Waals surface area (Å²) in [5.41, 5.74) is 1.81. The van der Waals surface area contributed by atoms with Crippen LogP contribution in [0.15, 0.2) is 47.4 Å². The van der Waals surface area contributed by atoms with Gasteiger partial charge in [-0.05, 0) is 49.8 Å². The lowest BCUT2D eigenvalue weighted by atomic mass is 9.96. The third-order valence-corrected chi connectivity index (χ3v) is 5.52. The van der Waals surface area contributed by atoms with E-state index in [0.717, 1.165) is 24.1 Å². The number of nitrogens with zero attached hydrogens (tertiary/aromatic N) is 2. The van der Waals surface area contributed by atoms with Crippen molar-refractivity contribution in [2.45, 2.75) is 30.7 Å². The number of ether oxygens (including phenoxy) is 1. The molecule has 0 aliphatic carbocycles. The molecule has 1 atom stereocenters. The third kappa shape index (κ3) is 4.01. The number of rotatable bonds is 5. The number of hydrogen-bond donors (Lipinski definition) is 0. The maximum Gasteiger partial charge on any atom is 0.338 e. The van der Waals surface area contributed by atoms with Gasteiger partial charge in [-0.25, -0.2) is 4.79 Å². The number of para-hydroxylation sites is 1. The first kappa shape index (κ1) is 19.9. The fraction of sp³-hybridized carbons (Fsp3) is 0.300. The molecule has 8 heteroatoms. The Morgan fingerprint density at radius 1 is 1.29 bits per heavy atom. The number of anilines is 1. The Morgan fingerprint density at radius 3 is 2.75 bits per heavy atom. The number of hydrogen-bond acceptors (Lipinski definition) is 6. The molecule has 3 rings (SSSR count). The molecule has 7 nitrogen and oxygen atoms in total. The SMILES string of the molecule is CSc1ccc(C(=O)OCC(=O)N2c3ccccc3CCC2C)cc1[N+](=O)[O-]. The van der Waals surface area contributed by atoms with Crippen molar-refractivity contribution in [1.29, 1.82) is 0 Å². The minimum atomic E-state index is -0.762. The highest BCUT2D eigenvalue weighted by Crippen LogP contribution is 2.31. The van der Waals surface area contributed by atoms with Gasteiger partial charge in [0.2, 0.25) is 0 Å². The molecule has 28 heavy (non-hydrogen) atoms. The van der Waals surface area contributed by atoms with Gasteiger partial charge in [-0.2, -0.15) is 0 Å². The molecule has 0 bridgehead atoms. The van der Waals surface area contributed by atoms with Crippen molar-refractivity contribution in [2.75, 3.05) is 17.8 Å². The van der Waals surface area contributed by atoms with Crippen LogP contribution < -0.4 is 4.90 Å². The van der Waals surface area contributed by atoms with E-state index in [2.05, 4.69) is 0 Å². The van der Waals surface area contributed by atoms with Crippen molar-refractivity contribution in [1.82, 2.24) is 0 Å². The van der Waals surface area contributed by atoms with Crippen LogP contribution in [0.1, 0.15) is 29.3 Å². The van der Waals surface area contributed by atoms with Crippen LogP contribution in [0.3, 0.4) is 0 Å². The van der Waals surface area contributed by atoms with E-state index in [1.807, 2.05) is 31.2 Å². The van der Waals surface area contributed by atoms with Crippen LogP contribution in [0.25, 0.3) is 0 Å². The maximum atomic E-state index is 12.7. The fourth-order valence-corrected chi connectivity index (χ4v) is 3.85. The molecular formula is C20H20N2O5S. The number of amides is 1. The second kappa shape index (κ2) is 8.43. The van der Waals surface area contributed by atoms with Crippen molar-refractivity contribution in [3.63, 3.8) is 0 Å². The molecule has 1 amide bonds. The highest BCUT2D eigenvalue weighted by molar-refractivity contribution is 7.98. The number of benzene rings is 2. The van der Waals surface area contributed by atoms with Crippen LogP contribution in [-0.4, -0.2) is 35.7 Å². The third-order valence-electron chi connectivity index (χ3n) is 4.73. The first-order valence-corrected chi connectivity index (χ1v) is 10.0. The van der Waals surface area contributed by atoms with Crippen molar-refractivity contribution >= 4 is 35.0 Å². The maximum absolute atomic E-state index is 12.7. The first-order chi connectivity index (χ1) is 13.4.